The molecular formula is C25H29N5O4S. The predicted molar refractivity (Wildman–Crippen MR) is 132 cm³/mol. The van der Waals surface area contributed by atoms with Crippen LogP contribution in [0, 0.1) is 0 Å². The van der Waals surface area contributed by atoms with Crippen LogP contribution in [0.4, 0.5) is 5.69 Å². The normalized spacial score (nSPS) is 18.7. The molecule has 35 heavy (non-hydrogen) atoms. The van der Waals surface area contributed by atoms with E-state index >= 15 is 0 Å². The standard InChI is InChI=1S/C25H29N5O4S/c31-22-5-3-11-33-10-2-1-4-18-14-17(6-9-26-18)25-28-21(16-35-25)24(32)27-20-15-30(29-23(20)22)19-7-12-34-13-8-19/h6,9,14-16,19H,1-5,7-8,10-13H2,(H,27,32). The number of rotatable bonds is 1. The largest absolute Gasteiger partial charge is 0.381 e. The van der Waals surface area contributed by atoms with Gasteiger partial charge < -0.3 is 14.8 Å². The molecule has 2 aliphatic heterocycles. The van der Waals surface area contributed by atoms with Gasteiger partial charge in [-0.25, -0.2) is 4.98 Å². The van der Waals surface area contributed by atoms with Gasteiger partial charge in [0.25, 0.3) is 5.91 Å². The van der Waals surface area contributed by atoms with Crippen LogP contribution in [-0.2, 0) is 15.9 Å². The molecule has 1 saturated heterocycles. The van der Waals surface area contributed by atoms with Crippen molar-refractivity contribution < 1.29 is 19.1 Å². The lowest BCUT2D eigenvalue weighted by molar-refractivity contribution is 0.0660. The van der Waals surface area contributed by atoms with E-state index in [0.29, 0.717) is 50.7 Å². The Hall–Kier alpha value is -2.95. The van der Waals surface area contributed by atoms with Crippen LogP contribution < -0.4 is 5.32 Å². The molecule has 2 aliphatic rings. The summed E-state index contributed by atoms with van der Waals surface area (Å²) in [5.74, 6) is -0.461. The minimum atomic E-state index is -0.358. The average Bonchev–Trinajstić information content (AvgIpc) is 3.54. The molecule has 0 spiro atoms. The van der Waals surface area contributed by atoms with Gasteiger partial charge in [-0.2, -0.15) is 5.10 Å². The summed E-state index contributed by atoms with van der Waals surface area (Å²) in [6.07, 6.45) is 8.86. The molecule has 4 bridgehead atoms. The fraction of sp³-hybridized carbons (Fsp3) is 0.480. The van der Waals surface area contributed by atoms with E-state index in [-0.39, 0.29) is 23.4 Å². The minimum Gasteiger partial charge on any atom is -0.381 e. The number of Topliss-reactive ketones (excluding diaryl/α,β-unsaturated/α-hetero) is 1. The molecule has 0 aromatic carbocycles. The number of carbonyl (C=O) groups is 2. The first-order chi connectivity index (χ1) is 17.2. The van der Waals surface area contributed by atoms with E-state index in [4.69, 9.17) is 9.47 Å². The summed E-state index contributed by atoms with van der Waals surface area (Å²) in [5.41, 5.74) is 2.96. The Bertz CT molecular complexity index is 1180. The van der Waals surface area contributed by atoms with Crippen molar-refractivity contribution >= 4 is 28.7 Å². The number of hydrogen-bond donors (Lipinski definition) is 1. The number of nitrogens with one attached hydrogen (secondary N) is 1. The number of fused-ring (bicyclic) bond motifs is 6. The number of pyridine rings is 1. The monoisotopic (exact) mass is 495 g/mol. The highest BCUT2D eigenvalue weighted by Crippen LogP contribution is 2.27. The Morgan fingerprint density at radius 2 is 1.86 bits per heavy atom. The number of hydrogen-bond acceptors (Lipinski definition) is 8. The number of amides is 1. The maximum absolute atomic E-state index is 13.1. The Morgan fingerprint density at radius 1 is 1.03 bits per heavy atom. The van der Waals surface area contributed by atoms with Crippen molar-refractivity contribution in [3.05, 3.63) is 47.0 Å². The first kappa shape index (κ1) is 23.8. The molecule has 184 valence electrons. The molecule has 1 amide bonds. The third-order valence-corrected chi connectivity index (χ3v) is 7.17. The quantitative estimate of drug-likeness (QED) is 0.535. The first-order valence-electron chi connectivity index (χ1n) is 12.2. The first-order valence-corrected chi connectivity index (χ1v) is 13.1. The van der Waals surface area contributed by atoms with E-state index in [9.17, 15) is 9.59 Å². The molecule has 0 atom stereocenters. The summed E-state index contributed by atoms with van der Waals surface area (Å²) in [6, 6.07) is 4.08. The van der Waals surface area contributed by atoms with Gasteiger partial charge in [0, 0.05) is 61.9 Å². The number of ether oxygens (including phenoxy) is 2. The molecule has 0 saturated carbocycles. The highest BCUT2D eigenvalue weighted by molar-refractivity contribution is 7.13. The van der Waals surface area contributed by atoms with Gasteiger partial charge in [0.15, 0.2) is 11.5 Å². The van der Waals surface area contributed by atoms with Gasteiger partial charge in [0.2, 0.25) is 0 Å². The number of aromatic nitrogens is 4. The second-order valence-corrected chi connectivity index (χ2v) is 9.70. The van der Waals surface area contributed by atoms with Gasteiger partial charge in [-0.3, -0.25) is 19.3 Å². The lowest BCUT2D eigenvalue weighted by Crippen LogP contribution is -2.20. The van der Waals surface area contributed by atoms with Crippen LogP contribution in [0.1, 0.15) is 71.2 Å². The fourth-order valence-corrected chi connectivity index (χ4v) is 5.13. The predicted octanol–water partition coefficient (Wildman–Crippen LogP) is 4.32. The van der Waals surface area contributed by atoms with Crippen molar-refractivity contribution in [1.29, 1.82) is 0 Å². The van der Waals surface area contributed by atoms with Gasteiger partial charge in [-0.1, -0.05) is 0 Å². The van der Waals surface area contributed by atoms with Crippen molar-refractivity contribution in [3.8, 4) is 10.6 Å². The molecule has 1 N–H and O–H groups in total. The lowest BCUT2D eigenvalue weighted by atomic mass is 10.1. The summed E-state index contributed by atoms with van der Waals surface area (Å²) >= 11 is 1.41. The maximum atomic E-state index is 13.1. The second kappa shape index (κ2) is 11.2. The second-order valence-electron chi connectivity index (χ2n) is 8.84. The molecule has 3 aromatic rings. The van der Waals surface area contributed by atoms with Crippen LogP contribution in [-0.4, -0.2) is 57.9 Å². The highest BCUT2D eigenvalue weighted by atomic mass is 32.1. The smallest absolute Gasteiger partial charge is 0.275 e. The van der Waals surface area contributed by atoms with Crippen molar-refractivity contribution in [2.75, 3.05) is 31.7 Å². The molecule has 5 rings (SSSR count). The van der Waals surface area contributed by atoms with E-state index in [1.165, 1.54) is 11.3 Å². The van der Waals surface area contributed by atoms with E-state index in [1.807, 2.05) is 12.1 Å². The summed E-state index contributed by atoms with van der Waals surface area (Å²) < 4.78 is 13.0. The van der Waals surface area contributed by atoms with Crippen molar-refractivity contribution in [2.24, 2.45) is 0 Å². The number of nitrogens with zero attached hydrogens (tertiary/aromatic N) is 4. The Morgan fingerprint density at radius 3 is 2.74 bits per heavy atom. The fourth-order valence-electron chi connectivity index (χ4n) is 4.34. The molecule has 3 aromatic heterocycles. The van der Waals surface area contributed by atoms with Gasteiger partial charge in [0.1, 0.15) is 10.7 Å². The van der Waals surface area contributed by atoms with Gasteiger partial charge >= 0.3 is 0 Å². The minimum absolute atomic E-state index is 0.103. The van der Waals surface area contributed by atoms with E-state index in [2.05, 4.69) is 20.4 Å². The van der Waals surface area contributed by atoms with Gasteiger partial charge in [-0.15, -0.1) is 11.3 Å². The Balaban J connectivity index is 1.43. The zero-order valence-electron chi connectivity index (χ0n) is 19.6. The maximum Gasteiger partial charge on any atom is 0.275 e. The summed E-state index contributed by atoms with van der Waals surface area (Å²) in [6.45, 7) is 2.49. The number of carbonyl (C=O) groups excluding carboxylic acids is 2. The number of ketones is 1. The molecule has 10 heteroatoms. The van der Waals surface area contributed by atoms with E-state index in [0.717, 1.165) is 48.4 Å². The topological polar surface area (TPSA) is 108 Å². The number of aryl methyl sites for hydroxylation is 1. The highest BCUT2D eigenvalue weighted by Gasteiger charge is 2.24. The molecular weight excluding hydrogens is 466 g/mol. The summed E-state index contributed by atoms with van der Waals surface area (Å²) in [4.78, 5) is 35.2. The van der Waals surface area contributed by atoms with Crippen LogP contribution in [0.2, 0.25) is 0 Å². The number of anilines is 1. The number of thiazole rings is 1. The summed E-state index contributed by atoms with van der Waals surface area (Å²) in [7, 11) is 0. The Labute approximate surface area is 207 Å². The van der Waals surface area contributed by atoms with E-state index in [1.54, 1.807) is 22.5 Å². The molecule has 1 fully saturated rings. The zero-order valence-corrected chi connectivity index (χ0v) is 20.4. The lowest BCUT2D eigenvalue weighted by Gasteiger charge is -2.22. The van der Waals surface area contributed by atoms with Crippen molar-refractivity contribution in [2.45, 2.75) is 51.0 Å². The molecule has 0 radical (unpaired) electrons. The third-order valence-electron chi connectivity index (χ3n) is 6.27. The Kier molecular flexibility index (Phi) is 7.60. The third kappa shape index (κ3) is 5.83. The SMILES string of the molecule is O=C1Nc2cn(C3CCOCC3)nc2C(=O)CCCOCCCCc2cc(ccn2)-c2nc1cs2. The van der Waals surface area contributed by atoms with Crippen molar-refractivity contribution in [3.63, 3.8) is 0 Å². The van der Waals surface area contributed by atoms with Crippen LogP contribution in [0.25, 0.3) is 10.6 Å². The molecule has 9 nitrogen and oxygen atoms in total. The molecule has 0 aliphatic carbocycles. The van der Waals surface area contributed by atoms with Crippen molar-refractivity contribution in [1.82, 2.24) is 19.7 Å². The van der Waals surface area contributed by atoms with Gasteiger partial charge in [0.05, 0.1) is 11.7 Å². The average molecular weight is 496 g/mol. The summed E-state index contributed by atoms with van der Waals surface area (Å²) in [5, 5.41) is 9.99. The molecule has 5 heterocycles. The van der Waals surface area contributed by atoms with Crippen LogP contribution in [0.15, 0.2) is 29.9 Å². The van der Waals surface area contributed by atoms with Crippen LogP contribution >= 0.6 is 11.3 Å². The van der Waals surface area contributed by atoms with E-state index < -0.39 is 0 Å². The van der Waals surface area contributed by atoms with Crippen LogP contribution in [0.3, 0.4) is 0 Å². The molecule has 0 unspecified atom stereocenters. The van der Waals surface area contributed by atoms with Gasteiger partial charge in [-0.05, 0) is 50.7 Å². The zero-order chi connectivity index (χ0) is 24.0. The van der Waals surface area contributed by atoms with Crippen LogP contribution in [0.5, 0.6) is 0 Å².